The molecule has 0 heterocycles. The Morgan fingerprint density at radius 3 is 2.56 bits per heavy atom. The van der Waals surface area contributed by atoms with Crippen molar-refractivity contribution < 1.29 is 9.90 Å². The molecule has 2 unspecified atom stereocenters. The molecule has 100 valence electrons. The fourth-order valence-corrected chi connectivity index (χ4v) is 1.90. The maximum Gasteiger partial charge on any atom is 0.220 e. The largest absolute Gasteiger partial charge is 0.391 e. The summed E-state index contributed by atoms with van der Waals surface area (Å²) < 4.78 is 1.04. The quantitative estimate of drug-likeness (QED) is 0.848. The number of carbonyl (C=O) groups is 1. The average Bonchev–Trinajstić information content (AvgIpc) is 2.36. The summed E-state index contributed by atoms with van der Waals surface area (Å²) in [6.07, 6.45) is 0.651. The highest BCUT2D eigenvalue weighted by Crippen LogP contribution is 2.21. The molecular weight excluding hydrogens is 294 g/mol. The van der Waals surface area contributed by atoms with Crippen molar-refractivity contribution in [2.75, 3.05) is 6.54 Å². The van der Waals surface area contributed by atoms with Crippen molar-refractivity contribution in [2.24, 2.45) is 0 Å². The lowest BCUT2D eigenvalue weighted by Gasteiger charge is -2.13. The molecule has 2 atom stereocenters. The first kappa shape index (κ1) is 15.2. The Morgan fingerprint density at radius 1 is 1.39 bits per heavy atom. The van der Waals surface area contributed by atoms with Gasteiger partial charge < -0.3 is 10.4 Å². The topological polar surface area (TPSA) is 49.3 Å². The van der Waals surface area contributed by atoms with Gasteiger partial charge in [0.15, 0.2) is 0 Å². The zero-order valence-electron chi connectivity index (χ0n) is 10.8. The molecule has 0 saturated heterocycles. The number of rotatable bonds is 6. The number of benzene rings is 1. The third-order valence-corrected chi connectivity index (χ3v) is 3.47. The summed E-state index contributed by atoms with van der Waals surface area (Å²) >= 11 is 3.39. The molecule has 1 rings (SSSR count). The predicted molar refractivity (Wildman–Crippen MR) is 76.5 cm³/mol. The van der Waals surface area contributed by atoms with Gasteiger partial charge in [-0.1, -0.05) is 41.9 Å². The fraction of sp³-hybridized carbons (Fsp3) is 0.500. The van der Waals surface area contributed by atoms with E-state index in [-0.39, 0.29) is 11.8 Å². The molecule has 1 aromatic rings. The van der Waals surface area contributed by atoms with Gasteiger partial charge in [-0.3, -0.25) is 4.79 Å². The summed E-state index contributed by atoms with van der Waals surface area (Å²) in [7, 11) is 0. The lowest BCUT2D eigenvalue weighted by Crippen LogP contribution is -2.32. The summed E-state index contributed by atoms with van der Waals surface area (Å²) in [6.45, 7) is 4.25. The molecular formula is C14H20BrNO2. The molecule has 1 amide bonds. The van der Waals surface area contributed by atoms with Crippen LogP contribution in [0.3, 0.4) is 0 Å². The van der Waals surface area contributed by atoms with Crippen molar-refractivity contribution in [3.63, 3.8) is 0 Å². The summed E-state index contributed by atoms with van der Waals surface area (Å²) in [4.78, 5) is 11.7. The van der Waals surface area contributed by atoms with Crippen LogP contribution in [0.2, 0.25) is 0 Å². The summed E-state index contributed by atoms with van der Waals surface area (Å²) in [5, 5.41) is 12.1. The minimum absolute atomic E-state index is 0.0158. The van der Waals surface area contributed by atoms with E-state index in [0.717, 1.165) is 10.0 Å². The normalized spacial score (nSPS) is 14.0. The number of nitrogens with one attached hydrogen (secondary N) is 1. The molecule has 0 aliphatic heterocycles. The van der Waals surface area contributed by atoms with Gasteiger partial charge in [-0.25, -0.2) is 0 Å². The van der Waals surface area contributed by atoms with Crippen molar-refractivity contribution in [3.8, 4) is 0 Å². The van der Waals surface area contributed by atoms with E-state index >= 15 is 0 Å². The highest BCUT2D eigenvalue weighted by molar-refractivity contribution is 9.10. The number of aliphatic hydroxyl groups is 1. The molecule has 0 saturated carbocycles. The maximum absolute atomic E-state index is 11.7. The van der Waals surface area contributed by atoms with Gasteiger partial charge in [-0.2, -0.15) is 0 Å². The fourth-order valence-electron chi connectivity index (χ4n) is 1.64. The molecule has 0 bridgehead atoms. The van der Waals surface area contributed by atoms with Crippen LogP contribution in [0.5, 0.6) is 0 Å². The van der Waals surface area contributed by atoms with Gasteiger partial charge in [0.05, 0.1) is 6.10 Å². The van der Waals surface area contributed by atoms with Crippen molar-refractivity contribution >= 4 is 21.8 Å². The van der Waals surface area contributed by atoms with E-state index in [0.29, 0.717) is 19.4 Å². The highest BCUT2D eigenvalue weighted by Gasteiger charge is 2.11. The Morgan fingerprint density at radius 2 is 2.00 bits per heavy atom. The summed E-state index contributed by atoms with van der Waals surface area (Å²) in [6, 6.07) is 7.99. The molecule has 2 N–H and O–H groups in total. The van der Waals surface area contributed by atoms with Gasteiger partial charge in [0.1, 0.15) is 0 Å². The highest BCUT2D eigenvalue weighted by atomic mass is 79.9. The Labute approximate surface area is 117 Å². The van der Waals surface area contributed by atoms with Crippen LogP contribution in [0.15, 0.2) is 28.7 Å². The van der Waals surface area contributed by atoms with E-state index in [4.69, 9.17) is 0 Å². The van der Waals surface area contributed by atoms with E-state index in [2.05, 4.69) is 21.2 Å². The van der Waals surface area contributed by atoms with Crippen molar-refractivity contribution in [3.05, 3.63) is 34.3 Å². The monoisotopic (exact) mass is 313 g/mol. The average molecular weight is 314 g/mol. The SMILES string of the molecule is CCC(O)CNC(=O)CC(C)c1ccc(Br)cc1. The second-order valence-electron chi connectivity index (χ2n) is 4.52. The number of carbonyl (C=O) groups excluding carboxylic acids is 1. The zero-order valence-corrected chi connectivity index (χ0v) is 12.4. The molecule has 3 nitrogen and oxygen atoms in total. The van der Waals surface area contributed by atoms with Gasteiger partial charge in [-0.15, -0.1) is 0 Å². The molecule has 0 fully saturated rings. The number of hydrogen-bond acceptors (Lipinski definition) is 2. The van der Waals surface area contributed by atoms with Gasteiger partial charge in [0.2, 0.25) is 5.91 Å². The lowest BCUT2D eigenvalue weighted by molar-refractivity contribution is -0.121. The summed E-state index contributed by atoms with van der Waals surface area (Å²) in [5.41, 5.74) is 1.14. The molecule has 0 spiro atoms. The van der Waals surface area contributed by atoms with Crippen LogP contribution in [-0.4, -0.2) is 23.7 Å². The van der Waals surface area contributed by atoms with E-state index in [1.807, 2.05) is 38.1 Å². The third kappa shape index (κ3) is 5.19. The third-order valence-electron chi connectivity index (χ3n) is 2.94. The van der Waals surface area contributed by atoms with Gasteiger partial charge in [-0.05, 0) is 30.0 Å². The molecule has 0 aliphatic rings. The molecule has 0 aromatic heterocycles. The Hall–Kier alpha value is -0.870. The molecule has 18 heavy (non-hydrogen) atoms. The second kappa shape index (κ2) is 7.54. The first-order chi connectivity index (χ1) is 8.52. The van der Waals surface area contributed by atoms with Gasteiger partial charge in [0, 0.05) is 17.4 Å². The Bertz CT molecular complexity index is 378. The minimum Gasteiger partial charge on any atom is -0.391 e. The minimum atomic E-state index is -0.447. The van der Waals surface area contributed by atoms with Crippen LogP contribution < -0.4 is 5.32 Å². The Balaban J connectivity index is 2.42. The van der Waals surface area contributed by atoms with Crippen LogP contribution in [0.1, 0.15) is 38.2 Å². The molecule has 4 heteroatoms. The van der Waals surface area contributed by atoms with Crippen molar-refractivity contribution in [2.45, 2.75) is 38.7 Å². The molecule has 0 aliphatic carbocycles. The summed E-state index contributed by atoms with van der Waals surface area (Å²) in [5.74, 6) is 0.162. The van der Waals surface area contributed by atoms with E-state index < -0.39 is 6.10 Å². The second-order valence-corrected chi connectivity index (χ2v) is 5.44. The Kier molecular flexibility index (Phi) is 6.36. The van der Waals surface area contributed by atoms with Crippen molar-refractivity contribution in [1.29, 1.82) is 0 Å². The maximum atomic E-state index is 11.7. The number of aliphatic hydroxyl groups excluding tert-OH is 1. The number of hydrogen-bond donors (Lipinski definition) is 2. The van der Waals surface area contributed by atoms with Gasteiger partial charge in [0.25, 0.3) is 0 Å². The van der Waals surface area contributed by atoms with E-state index in [1.165, 1.54) is 0 Å². The van der Waals surface area contributed by atoms with Crippen LogP contribution in [0, 0.1) is 0 Å². The number of amides is 1. The zero-order chi connectivity index (χ0) is 13.5. The molecule has 1 aromatic carbocycles. The first-order valence-corrected chi connectivity index (χ1v) is 7.02. The van der Waals surface area contributed by atoms with E-state index in [1.54, 1.807) is 0 Å². The van der Waals surface area contributed by atoms with Crippen molar-refractivity contribution in [1.82, 2.24) is 5.32 Å². The van der Waals surface area contributed by atoms with Crippen LogP contribution in [-0.2, 0) is 4.79 Å². The van der Waals surface area contributed by atoms with Crippen LogP contribution in [0.25, 0.3) is 0 Å². The molecule has 0 radical (unpaired) electrons. The van der Waals surface area contributed by atoms with Crippen LogP contribution >= 0.6 is 15.9 Å². The smallest absolute Gasteiger partial charge is 0.220 e. The van der Waals surface area contributed by atoms with Crippen LogP contribution in [0.4, 0.5) is 0 Å². The number of halogens is 1. The standard InChI is InChI=1S/C14H20BrNO2/c1-3-13(17)9-16-14(18)8-10(2)11-4-6-12(15)7-5-11/h4-7,10,13,17H,3,8-9H2,1-2H3,(H,16,18). The van der Waals surface area contributed by atoms with E-state index in [9.17, 15) is 9.90 Å². The van der Waals surface area contributed by atoms with Gasteiger partial charge >= 0.3 is 0 Å². The first-order valence-electron chi connectivity index (χ1n) is 6.23. The lowest BCUT2D eigenvalue weighted by atomic mass is 9.97. The predicted octanol–water partition coefficient (Wildman–Crippen LogP) is 2.83.